The van der Waals surface area contributed by atoms with E-state index in [0.29, 0.717) is 5.56 Å². The number of aliphatic hydroxyl groups excluding tert-OH is 3. The van der Waals surface area contributed by atoms with Crippen LogP contribution in [-0.2, 0) is 38.1 Å². The molecule has 0 radical (unpaired) electrons. The lowest BCUT2D eigenvalue weighted by atomic mass is 9.44. The second-order valence-electron chi connectivity index (χ2n) is 17.6. The lowest BCUT2D eigenvalue weighted by Crippen LogP contribution is -2.81. The molecule has 2 aromatic carbocycles. The van der Waals surface area contributed by atoms with E-state index in [1.165, 1.54) is 26.0 Å². The molecule has 2 unspecified atom stereocenters. The van der Waals surface area contributed by atoms with Gasteiger partial charge >= 0.3 is 24.0 Å². The van der Waals surface area contributed by atoms with Crippen molar-refractivity contribution in [3.8, 4) is 0 Å². The van der Waals surface area contributed by atoms with Crippen molar-refractivity contribution in [1.82, 2.24) is 5.32 Å². The van der Waals surface area contributed by atoms with E-state index in [0.717, 1.165) is 6.92 Å². The van der Waals surface area contributed by atoms with Crippen LogP contribution in [0.5, 0.6) is 0 Å². The molecule has 1 heterocycles. The molecule has 1 aliphatic heterocycles. The van der Waals surface area contributed by atoms with Crippen LogP contribution in [0.15, 0.2) is 71.8 Å². The maximum absolute atomic E-state index is 14.9. The summed E-state index contributed by atoms with van der Waals surface area (Å²) in [7, 11) is 0. The lowest BCUT2D eigenvalue weighted by molar-refractivity contribution is -0.346. The van der Waals surface area contributed by atoms with Crippen molar-refractivity contribution in [2.45, 2.75) is 128 Å². The number of amides is 1. The second-order valence-corrected chi connectivity index (χ2v) is 17.6. The minimum atomic E-state index is -2.35. The van der Waals surface area contributed by atoms with Gasteiger partial charge < -0.3 is 49.4 Å². The molecule has 4 aliphatic rings. The van der Waals surface area contributed by atoms with E-state index in [1.807, 2.05) is 0 Å². The molecule has 11 atom stereocenters. The van der Waals surface area contributed by atoms with Crippen LogP contribution in [0.3, 0.4) is 0 Å². The van der Waals surface area contributed by atoms with Crippen LogP contribution in [-0.4, -0.2) is 110 Å². The van der Waals surface area contributed by atoms with Gasteiger partial charge in [-0.2, -0.15) is 0 Å². The van der Waals surface area contributed by atoms with Gasteiger partial charge in [0.15, 0.2) is 17.5 Å². The summed E-state index contributed by atoms with van der Waals surface area (Å²) in [6.45, 7) is 11.8. The highest BCUT2D eigenvalue weighted by molar-refractivity contribution is 5.94. The van der Waals surface area contributed by atoms with Gasteiger partial charge in [-0.15, -0.1) is 0 Å². The smallest absolute Gasteiger partial charge is 0.408 e. The third-order valence-electron chi connectivity index (χ3n) is 12.6. The van der Waals surface area contributed by atoms with Gasteiger partial charge in [-0.3, -0.25) is 9.59 Å². The number of hydrogen-bond acceptors (Lipinski definition) is 14. The quantitative estimate of drug-likeness (QED) is 0.147. The summed E-state index contributed by atoms with van der Waals surface area (Å²) in [4.78, 5) is 68.9. The third-order valence-corrected chi connectivity index (χ3v) is 12.6. The maximum atomic E-state index is 14.9. The zero-order valence-electron chi connectivity index (χ0n) is 33.9. The van der Waals surface area contributed by atoms with Crippen LogP contribution in [0.25, 0.3) is 0 Å². The zero-order valence-corrected chi connectivity index (χ0v) is 33.9. The fraction of sp³-hybridized carbons (Fsp3) is 0.558. The maximum Gasteiger partial charge on any atom is 0.408 e. The Labute approximate surface area is 336 Å². The highest BCUT2D eigenvalue weighted by Gasteiger charge is 2.78. The molecular formula is C43H53NO14. The SMILES string of the molecule is CC(=O)O[C@@]12CO[C@@H]1C[C@H](O)[C@@]1(C)C(=O)[C@H](O)C3=C(C)[C@@H](OC(=O)C(O)[C@@H](NC(=O)OC(C)(C)C)c4ccccc4)C[C@@](O)(C(OC(=O)c4ccccc4)[C@H]21)C3(C)C. The molecule has 6 rings (SSSR count). The molecule has 1 saturated heterocycles. The molecule has 0 spiro atoms. The van der Waals surface area contributed by atoms with Gasteiger partial charge in [0.05, 0.1) is 35.6 Å². The van der Waals surface area contributed by atoms with Crippen LogP contribution in [0.2, 0.25) is 0 Å². The fourth-order valence-corrected chi connectivity index (χ4v) is 9.56. The number of ether oxygens (including phenoxy) is 5. The van der Waals surface area contributed by atoms with Gasteiger partial charge in [0.1, 0.15) is 35.6 Å². The number of carbonyl (C=O) groups excluding carboxylic acids is 5. The topological polar surface area (TPSA) is 224 Å². The largest absolute Gasteiger partial charge is 0.456 e. The van der Waals surface area contributed by atoms with Crippen LogP contribution in [0, 0.1) is 16.7 Å². The number of nitrogens with one attached hydrogen (secondary N) is 1. The first-order valence-corrected chi connectivity index (χ1v) is 19.3. The molecule has 0 aromatic heterocycles. The number of ketones is 1. The number of carbonyl (C=O) groups is 5. The van der Waals surface area contributed by atoms with Crippen molar-refractivity contribution in [3.05, 3.63) is 82.9 Å². The number of esters is 3. The standard InChI is InChI=1S/C43H53NO14/c1-22-26(55-37(51)32(48)30(24-15-11-9-12-16-24)44-38(52)58-39(3,4)5)20-43(53)35(56-36(50)25-17-13-10-14-18-25)33-41(8,34(49)31(47)29(22)40(43,6)7)27(46)19-28-42(33,21-54-28)57-23(2)45/h9-18,26-28,30-33,35,46-48,53H,19-21H2,1-8H3,(H,44,52)/t26-,27-,28+,30-,31+,32?,33-,35?,41+,42-,43+/m0/s1. The van der Waals surface area contributed by atoms with Crippen molar-refractivity contribution >= 4 is 29.8 Å². The molecule has 2 aromatic rings. The van der Waals surface area contributed by atoms with Crippen molar-refractivity contribution in [3.63, 3.8) is 0 Å². The number of aliphatic hydroxyl groups is 4. The Morgan fingerprint density at radius 1 is 0.948 bits per heavy atom. The van der Waals surface area contributed by atoms with Gasteiger partial charge in [-0.25, -0.2) is 14.4 Å². The van der Waals surface area contributed by atoms with E-state index in [4.69, 9.17) is 23.7 Å². The number of hydrogen-bond donors (Lipinski definition) is 5. The summed E-state index contributed by atoms with van der Waals surface area (Å²) in [6.07, 6.45) is -11.5. The van der Waals surface area contributed by atoms with E-state index >= 15 is 0 Å². The Kier molecular flexibility index (Phi) is 11.2. The Balaban J connectivity index is 1.49. The molecule has 5 N–H and O–H groups in total. The summed E-state index contributed by atoms with van der Waals surface area (Å²) in [5.41, 5.74) is -8.14. The van der Waals surface area contributed by atoms with Crippen LogP contribution in [0.4, 0.5) is 4.79 Å². The highest BCUT2D eigenvalue weighted by atomic mass is 16.6. The number of Topliss-reactive ketones (excluding diaryl/α,β-unsaturated/α-hetero) is 1. The van der Waals surface area contributed by atoms with Crippen LogP contribution >= 0.6 is 0 Å². The van der Waals surface area contributed by atoms with E-state index in [9.17, 15) is 44.4 Å². The molecule has 2 bridgehead atoms. The van der Waals surface area contributed by atoms with Crippen LogP contribution < -0.4 is 5.32 Å². The first kappa shape index (κ1) is 42.9. The zero-order chi connectivity index (χ0) is 42.7. The Morgan fingerprint density at radius 3 is 2.10 bits per heavy atom. The predicted octanol–water partition coefficient (Wildman–Crippen LogP) is 3.26. The molecule has 1 amide bonds. The van der Waals surface area contributed by atoms with E-state index < -0.39 is 112 Å². The molecule has 3 fully saturated rings. The average molecular weight is 808 g/mol. The summed E-state index contributed by atoms with van der Waals surface area (Å²) < 4.78 is 29.5. The minimum Gasteiger partial charge on any atom is -0.456 e. The summed E-state index contributed by atoms with van der Waals surface area (Å²) in [5.74, 6) is -5.36. The lowest BCUT2D eigenvalue weighted by Gasteiger charge is -2.67. The number of rotatable bonds is 8. The van der Waals surface area contributed by atoms with Crippen molar-refractivity contribution < 1.29 is 68.1 Å². The fourth-order valence-electron chi connectivity index (χ4n) is 9.56. The van der Waals surface area contributed by atoms with Gasteiger partial charge in [-0.1, -0.05) is 62.4 Å². The summed E-state index contributed by atoms with van der Waals surface area (Å²) in [6, 6.07) is 14.6. The molecule has 15 nitrogen and oxygen atoms in total. The predicted molar refractivity (Wildman–Crippen MR) is 204 cm³/mol. The Bertz CT molecular complexity index is 1980. The van der Waals surface area contributed by atoms with Gasteiger partial charge in [0.25, 0.3) is 0 Å². The van der Waals surface area contributed by atoms with E-state index in [2.05, 4.69) is 5.32 Å². The normalized spacial score (nSPS) is 33.7. The average Bonchev–Trinajstić information content (AvgIpc) is 3.14. The number of fused-ring (bicyclic) bond motifs is 5. The van der Waals surface area contributed by atoms with E-state index in [-0.39, 0.29) is 29.7 Å². The molecular weight excluding hydrogens is 754 g/mol. The summed E-state index contributed by atoms with van der Waals surface area (Å²) in [5, 5.41) is 51.6. The molecule has 2 saturated carbocycles. The molecule has 314 valence electrons. The molecule has 58 heavy (non-hydrogen) atoms. The molecule has 15 heteroatoms. The van der Waals surface area contributed by atoms with Crippen molar-refractivity contribution in [2.24, 2.45) is 16.7 Å². The van der Waals surface area contributed by atoms with Gasteiger partial charge in [0, 0.05) is 25.2 Å². The Hall–Kier alpha value is -4.67. The minimum absolute atomic E-state index is 0.0637. The monoisotopic (exact) mass is 807 g/mol. The second kappa shape index (κ2) is 15.2. The first-order valence-electron chi connectivity index (χ1n) is 19.3. The third kappa shape index (κ3) is 7.10. The van der Waals surface area contributed by atoms with Gasteiger partial charge in [0.2, 0.25) is 0 Å². The number of benzene rings is 2. The Morgan fingerprint density at radius 2 is 1.55 bits per heavy atom. The number of alkyl carbamates (subject to hydrolysis) is 1. The summed E-state index contributed by atoms with van der Waals surface area (Å²) >= 11 is 0. The highest BCUT2D eigenvalue weighted by Crippen LogP contribution is 2.64. The van der Waals surface area contributed by atoms with Crippen molar-refractivity contribution in [1.29, 1.82) is 0 Å². The van der Waals surface area contributed by atoms with Gasteiger partial charge in [-0.05, 0) is 63.5 Å². The first-order chi connectivity index (χ1) is 27.0. The van der Waals surface area contributed by atoms with Crippen LogP contribution in [0.1, 0.15) is 90.2 Å². The van der Waals surface area contributed by atoms with E-state index in [1.54, 1.807) is 83.1 Å². The van der Waals surface area contributed by atoms with Crippen molar-refractivity contribution in [2.75, 3.05) is 6.61 Å². The molecule has 3 aliphatic carbocycles.